The van der Waals surface area contributed by atoms with Crippen molar-refractivity contribution in [1.29, 1.82) is 5.26 Å². The van der Waals surface area contributed by atoms with Crippen molar-refractivity contribution in [2.75, 3.05) is 11.9 Å². The van der Waals surface area contributed by atoms with Gasteiger partial charge in [0.15, 0.2) is 11.5 Å². The van der Waals surface area contributed by atoms with E-state index in [1.54, 1.807) is 0 Å². The van der Waals surface area contributed by atoms with E-state index >= 15 is 0 Å². The Balaban J connectivity index is 2.56. The van der Waals surface area contributed by atoms with Gasteiger partial charge in [0.1, 0.15) is 12.7 Å². The van der Waals surface area contributed by atoms with Crippen molar-refractivity contribution in [3.8, 4) is 6.07 Å². The first kappa shape index (κ1) is 9.80. The van der Waals surface area contributed by atoms with Gasteiger partial charge >= 0.3 is 6.09 Å². The van der Waals surface area contributed by atoms with Gasteiger partial charge in [-0.3, -0.25) is 5.32 Å². The van der Waals surface area contributed by atoms with Crippen LogP contribution < -0.4 is 5.32 Å². The van der Waals surface area contributed by atoms with E-state index in [0.29, 0.717) is 0 Å². The molecule has 0 aliphatic heterocycles. The molecule has 0 fully saturated rings. The second-order valence-corrected chi connectivity index (χ2v) is 2.25. The first-order valence-electron chi connectivity index (χ1n) is 3.76. The number of anilines is 1. The van der Waals surface area contributed by atoms with Gasteiger partial charge in [-0.25, -0.2) is 9.78 Å². The molecule has 0 aromatic carbocycles. The lowest BCUT2D eigenvalue weighted by Crippen LogP contribution is -2.14. The SMILES string of the molecule is C=CCOC(=O)Nc1nc[nH]c1C#N. The van der Waals surface area contributed by atoms with Crippen molar-refractivity contribution in [3.05, 3.63) is 24.7 Å². The van der Waals surface area contributed by atoms with Crippen molar-refractivity contribution in [3.63, 3.8) is 0 Å². The van der Waals surface area contributed by atoms with Crippen molar-refractivity contribution in [1.82, 2.24) is 9.97 Å². The molecule has 6 heteroatoms. The molecule has 14 heavy (non-hydrogen) atoms. The fourth-order valence-electron chi connectivity index (χ4n) is 0.742. The minimum atomic E-state index is -0.673. The Kier molecular flexibility index (Phi) is 3.27. The first-order chi connectivity index (χ1) is 6.77. The number of carbonyl (C=O) groups excluding carboxylic acids is 1. The molecule has 0 radical (unpaired) electrons. The average Bonchev–Trinajstić information content (AvgIpc) is 2.62. The number of imidazole rings is 1. The number of nitrogens with one attached hydrogen (secondary N) is 2. The molecule has 0 saturated carbocycles. The van der Waals surface area contributed by atoms with Crippen LogP contribution in [0.3, 0.4) is 0 Å². The lowest BCUT2D eigenvalue weighted by Gasteiger charge is -2.01. The molecule has 0 unspecified atom stereocenters. The van der Waals surface area contributed by atoms with E-state index in [4.69, 9.17) is 5.26 Å². The minimum Gasteiger partial charge on any atom is -0.445 e. The van der Waals surface area contributed by atoms with Crippen molar-refractivity contribution in [2.45, 2.75) is 0 Å². The van der Waals surface area contributed by atoms with Crippen LogP contribution in [0.2, 0.25) is 0 Å². The second kappa shape index (κ2) is 4.67. The van der Waals surface area contributed by atoms with Crippen LogP contribution in [0.5, 0.6) is 0 Å². The Bertz CT molecular complexity index is 377. The standard InChI is InChI=1S/C8H8N4O2/c1-2-3-14-8(13)12-7-6(4-9)10-5-11-7/h2,5H,1,3H2,(H,10,11)(H,12,13). The molecule has 1 aromatic rings. The number of amides is 1. The summed E-state index contributed by atoms with van der Waals surface area (Å²) in [5.74, 6) is 0.154. The van der Waals surface area contributed by atoms with Crippen LogP contribution in [0.25, 0.3) is 0 Å². The number of H-pyrrole nitrogens is 1. The third-order valence-electron chi connectivity index (χ3n) is 1.30. The highest BCUT2D eigenvalue weighted by molar-refractivity contribution is 5.84. The Morgan fingerprint density at radius 1 is 1.93 bits per heavy atom. The zero-order valence-corrected chi connectivity index (χ0v) is 7.28. The van der Waals surface area contributed by atoms with Crippen LogP contribution in [0.15, 0.2) is 19.0 Å². The number of hydrogen-bond acceptors (Lipinski definition) is 4. The molecule has 0 atom stereocenters. The minimum absolute atomic E-state index is 0.109. The summed E-state index contributed by atoms with van der Waals surface area (Å²) in [6, 6.07) is 1.83. The molecule has 1 amide bonds. The molecule has 0 saturated heterocycles. The number of ether oxygens (including phenoxy) is 1. The zero-order chi connectivity index (χ0) is 10.4. The number of aromatic nitrogens is 2. The fourth-order valence-corrected chi connectivity index (χ4v) is 0.742. The molecule has 72 valence electrons. The summed E-state index contributed by atoms with van der Waals surface area (Å²) in [7, 11) is 0. The monoisotopic (exact) mass is 192 g/mol. The number of aromatic amines is 1. The number of nitriles is 1. The largest absolute Gasteiger partial charge is 0.445 e. The summed E-state index contributed by atoms with van der Waals surface area (Å²) in [6.45, 7) is 3.49. The quantitative estimate of drug-likeness (QED) is 0.699. The van der Waals surface area contributed by atoms with Gasteiger partial charge in [0.2, 0.25) is 0 Å². The Labute approximate surface area is 80.2 Å². The summed E-state index contributed by atoms with van der Waals surface area (Å²) in [5, 5.41) is 10.9. The molecule has 6 nitrogen and oxygen atoms in total. The van der Waals surface area contributed by atoms with Crippen LogP contribution in [0.4, 0.5) is 10.6 Å². The first-order valence-corrected chi connectivity index (χ1v) is 3.76. The predicted octanol–water partition coefficient (Wildman–Crippen LogP) is 1.02. The topological polar surface area (TPSA) is 90.8 Å². The summed E-state index contributed by atoms with van der Waals surface area (Å²) in [5.41, 5.74) is 0.181. The van der Waals surface area contributed by atoms with Crippen molar-refractivity contribution >= 4 is 11.9 Å². The lowest BCUT2D eigenvalue weighted by molar-refractivity contribution is 0.174. The number of rotatable bonds is 3. The van der Waals surface area contributed by atoms with Crippen LogP contribution in [0.1, 0.15) is 5.69 Å². The van der Waals surface area contributed by atoms with Gasteiger partial charge in [-0.2, -0.15) is 5.26 Å². The van der Waals surface area contributed by atoms with E-state index in [-0.39, 0.29) is 18.1 Å². The maximum absolute atomic E-state index is 11.0. The molecule has 0 aliphatic carbocycles. The molecule has 0 aliphatic rings. The smallest absolute Gasteiger partial charge is 0.413 e. The zero-order valence-electron chi connectivity index (χ0n) is 7.28. The van der Waals surface area contributed by atoms with Crippen molar-refractivity contribution in [2.24, 2.45) is 0 Å². The molecule has 1 rings (SSSR count). The molecule has 2 N–H and O–H groups in total. The van der Waals surface area contributed by atoms with Crippen molar-refractivity contribution < 1.29 is 9.53 Å². The Morgan fingerprint density at radius 2 is 2.71 bits per heavy atom. The highest BCUT2D eigenvalue weighted by Gasteiger charge is 2.08. The van der Waals surface area contributed by atoms with Crippen LogP contribution in [-0.4, -0.2) is 22.7 Å². The van der Waals surface area contributed by atoms with Gasteiger partial charge in [0, 0.05) is 0 Å². The highest BCUT2D eigenvalue weighted by atomic mass is 16.5. The van der Waals surface area contributed by atoms with Gasteiger partial charge in [0.05, 0.1) is 6.33 Å². The number of nitrogens with zero attached hydrogens (tertiary/aromatic N) is 2. The van der Waals surface area contributed by atoms with Gasteiger partial charge in [-0.05, 0) is 0 Å². The van der Waals surface area contributed by atoms with Gasteiger partial charge < -0.3 is 9.72 Å². The van der Waals surface area contributed by atoms with Gasteiger partial charge in [-0.15, -0.1) is 0 Å². The molecular weight excluding hydrogens is 184 g/mol. The summed E-state index contributed by atoms with van der Waals surface area (Å²) in [6.07, 6.45) is 2.07. The summed E-state index contributed by atoms with van der Waals surface area (Å²) >= 11 is 0. The molecular formula is C8H8N4O2. The molecule has 1 aromatic heterocycles. The van der Waals surface area contributed by atoms with Gasteiger partial charge in [0.25, 0.3) is 0 Å². The molecule has 1 heterocycles. The Morgan fingerprint density at radius 3 is 3.36 bits per heavy atom. The number of carbonyl (C=O) groups is 1. The highest BCUT2D eigenvalue weighted by Crippen LogP contribution is 2.07. The maximum Gasteiger partial charge on any atom is 0.413 e. The second-order valence-electron chi connectivity index (χ2n) is 2.25. The predicted molar refractivity (Wildman–Crippen MR) is 48.5 cm³/mol. The third kappa shape index (κ3) is 2.35. The molecule has 0 spiro atoms. The average molecular weight is 192 g/mol. The molecule has 0 bridgehead atoms. The van der Waals surface area contributed by atoms with Crippen LogP contribution in [-0.2, 0) is 4.74 Å². The maximum atomic E-state index is 11.0. The van der Waals surface area contributed by atoms with Crippen LogP contribution >= 0.6 is 0 Å². The Hall–Kier alpha value is -2.29. The van der Waals surface area contributed by atoms with Gasteiger partial charge in [-0.1, -0.05) is 12.7 Å². The number of hydrogen-bond donors (Lipinski definition) is 2. The third-order valence-corrected chi connectivity index (χ3v) is 1.30. The van der Waals surface area contributed by atoms with E-state index in [2.05, 4.69) is 26.6 Å². The summed E-state index contributed by atoms with van der Waals surface area (Å²) < 4.78 is 4.63. The van der Waals surface area contributed by atoms with E-state index in [1.165, 1.54) is 12.4 Å². The summed E-state index contributed by atoms with van der Waals surface area (Å²) in [4.78, 5) is 17.3. The lowest BCUT2D eigenvalue weighted by atomic mass is 10.5. The normalized spacial score (nSPS) is 8.79. The van der Waals surface area contributed by atoms with E-state index in [1.807, 2.05) is 6.07 Å². The van der Waals surface area contributed by atoms with E-state index < -0.39 is 6.09 Å². The van der Waals surface area contributed by atoms with Crippen LogP contribution in [0, 0.1) is 11.3 Å². The van der Waals surface area contributed by atoms with E-state index in [0.717, 1.165) is 0 Å². The fraction of sp³-hybridized carbons (Fsp3) is 0.125. The van der Waals surface area contributed by atoms with E-state index in [9.17, 15) is 4.79 Å².